The summed E-state index contributed by atoms with van der Waals surface area (Å²) in [5, 5.41) is 11.3. The third-order valence-corrected chi connectivity index (χ3v) is 4.33. The van der Waals surface area contributed by atoms with E-state index < -0.39 is 0 Å². The van der Waals surface area contributed by atoms with Crippen molar-refractivity contribution in [1.82, 2.24) is 24.6 Å². The fourth-order valence-corrected chi connectivity index (χ4v) is 2.98. The van der Waals surface area contributed by atoms with Gasteiger partial charge < -0.3 is 14.6 Å². The van der Waals surface area contributed by atoms with E-state index in [9.17, 15) is 9.18 Å². The number of rotatable bonds is 7. The Morgan fingerprint density at radius 3 is 2.79 bits per heavy atom. The van der Waals surface area contributed by atoms with Crippen molar-refractivity contribution < 1.29 is 13.9 Å². The molecule has 28 heavy (non-hydrogen) atoms. The number of aromatic nitrogens is 4. The number of carbonyl (C=O) groups is 1. The number of hydrogen-bond acceptors (Lipinski definition) is 4. The van der Waals surface area contributed by atoms with Crippen molar-refractivity contribution in [2.45, 2.75) is 6.54 Å². The Bertz CT molecular complexity index is 1090. The maximum absolute atomic E-state index is 13.4. The van der Waals surface area contributed by atoms with Crippen LogP contribution in [-0.4, -0.2) is 38.4 Å². The molecule has 0 atom stereocenters. The number of fused-ring (bicyclic) bond motifs is 1. The fourth-order valence-electron chi connectivity index (χ4n) is 2.98. The van der Waals surface area contributed by atoms with Gasteiger partial charge in [0.05, 0.1) is 11.2 Å². The van der Waals surface area contributed by atoms with Crippen LogP contribution in [0, 0.1) is 5.82 Å². The van der Waals surface area contributed by atoms with Gasteiger partial charge in [-0.05, 0) is 41.8 Å². The number of nitrogens with zero attached hydrogens (tertiary/aromatic N) is 4. The van der Waals surface area contributed by atoms with Gasteiger partial charge in [-0.15, -0.1) is 10.2 Å². The average molecular weight is 379 g/mol. The zero-order valence-electron chi connectivity index (χ0n) is 15.0. The Morgan fingerprint density at radius 1 is 1.11 bits per heavy atom. The summed E-state index contributed by atoms with van der Waals surface area (Å²) in [5.74, 6) is 0.0437. The summed E-state index contributed by atoms with van der Waals surface area (Å²) in [7, 11) is 0. The van der Waals surface area contributed by atoms with Crippen molar-refractivity contribution in [3.63, 3.8) is 0 Å². The second kappa shape index (κ2) is 7.91. The van der Waals surface area contributed by atoms with Crippen LogP contribution >= 0.6 is 0 Å². The number of amides is 1. The zero-order chi connectivity index (χ0) is 19.3. The molecule has 2 aromatic carbocycles. The molecule has 1 N–H and O–H groups in total. The number of carbonyl (C=O) groups excluding carboxylic acids is 1. The van der Waals surface area contributed by atoms with E-state index in [-0.39, 0.29) is 18.3 Å². The SMILES string of the molecule is O=C(COc1ccccc1-n1cnnc1)NCCn1ccc2ccc(F)cc21. The summed E-state index contributed by atoms with van der Waals surface area (Å²) in [6.07, 6.45) is 5.00. The Labute approximate surface area is 160 Å². The van der Waals surface area contributed by atoms with Crippen LogP contribution in [0.25, 0.3) is 16.6 Å². The molecule has 0 aliphatic rings. The molecule has 0 saturated heterocycles. The van der Waals surface area contributed by atoms with Gasteiger partial charge >= 0.3 is 0 Å². The van der Waals surface area contributed by atoms with Crippen LogP contribution in [0.3, 0.4) is 0 Å². The van der Waals surface area contributed by atoms with Gasteiger partial charge in [-0.1, -0.05) is 12.1 Å². The molecule has 0 radical (unpaired) electrons. The summed E-state index contributed by atoms with van der Waals surface area (Å²) in [4.78, 5) is 12.1. The predicted molar refractivity (Wildman–Crippen MR) is 102 cm³/mol. The average Bonchev–Trinajstić information content (AvgIpc) is 3.37. The van der Waals surface area contributed by atoms with E-state index in [1.165, 1.54) is 12.1 Å². The Balaban J connectivity index is 1.31. The van der Waals surface area contributed by atoms with Gasteiger partial charge in [0.25, 0.3) is 5.91 Å². The lowest BCUT2D eigenvalue weighted by molar-refractivity contribution is -0.123. The lowest BCUT2D eigenvalue weighted by Crippen LogP contribution is -2.31. The van der Waals surface area contributed by atoms with Crippen LogP contribution in [0.1, 0.15) is 0 Å². The maximum atomic E-state index is 13.4. The lowest BCUT2D eigenvalue weighted by atomic mass is 10.2. The molecule has 4 rings (SSSR count). The zero-order valence-corrected chi connectivity index (χ0v) is 15.0. The number of benzene rings is 2. The molecule has 0 unspecified atom stereocenters. The Morgan fingerprint density at radius 2 is 1.93 bits per heavy atom. The molecule has 4 aromatic rings. The molecule has 7 nitrogen and oxygen atoms in total. The second-order valence-electron chi connectivity index (χ2n) is 6.19. The molecule has 0 spiro atoms. The molecule has 0 aliphatic carbocycles. The molecule has 2 heterocycles. The smallest absolute Gasteiger partial charge is 0.258 e. The topological polar surface area (TPSA) is 74.0 Å². The van der Waals surface area contributed by atoms with E-state index in [2.05, 4.69) is 15.5 Å². The largest absolute Gasteiger partial charge is 0.482 e. The van der Waals surface area contributed by atoms with Crippen molar-refractivity contribution in [1.29, 1.82) is 0 Å². The third kappa shape index (κ3) is 3.85. The molecule has 0 saturated carbocycles. The molecule has 0 bridgehead atoms. The summed E-state index contributed by atoms with van der Waals surface area (Å²) < 4.78 is 22.7. The van der Waals surface area contributed by atoms with Crippen LogP contribution in [0.5, 0.6) is 5.75 Å². The van der Waals surface area contributed by atoms with Gasteiger partial charge in [-0.3, -0.25) is 9.36 Å². The van der Waals surface area contributed by atoms with Gasteiger partial charge in [0, 0.05) is 19.3 Å². The van der Waals surface area contributed by atoms with Gasteiger partial charge in [-0.2, -0.15) is 0 Å². The minimum atomic E-state index is -0.281. The predicted octanol–water partition coefficient (Wildman–Crippen LogP) is 2.56. The van der Waals surface area contributed by atoms with E-state index in [4.69, 9.17) is 4.74 Å². The molecule has 1 amide bonds. The quantitative estimate of drug-likeness (QED) is 0.536. The number of nitrogens with one attached hydrogen (secondary N) is 1. The number of halogens is 1. The first kappa shape index (κ1) is 17.7. The number of hydrogen-bond donors (Lipinski definition) is 1. The van der Waals surface area contributed by atoms with E-state index in [0.717, 1.165) is 16.6 Å². The van der Waals surface area contributed by atoms with E-state index in [1.807, 2.05) is 35.0 Å². The minimum absolute atomic E-state index is 0.111. The molecule has 8 heteroatoms. The van der Waals surface area contributed by atoms with Crippen LogP contribution in [0.4, 0.5) is 4.39 Å². The Hall–Kier alpha value is -3.68. The normalized spacial score (nSPS) is 10.9. The highest BCUT2D eigenvalue weighted by Crippen LogP contribution is 2.21. The second-order valence-corrected chi connectivity index (χ2v) is 6.19. The summed E-state index contributed by atoms with van der Waals surface area (Å²) >= 11 is 0. The van der Waals surface area contributed by atoms with Crippen LogP contribution in [0.2, 0.25) is 0 Å². The first-order valence-electron chi connectivity index (χ1n) is 8.78. The van der Waals surface area contributed by atoms with Crippen LogP contribution in [0.15, 0.2) is 67.4 Å². The van der Waals surface area contributed by atoms with Crippen molar-refractivity contribution in [3.8, 4) is 11.4 Å². The third-order valence-electron chi connectivity index (χ3n) is 4.33. The van der Waals surface area contributed by atoms with E-state index in [1.54, 1.807) is 29.4 Å². The highest BCUT2D eigenvalue weighted by molar-refractivity contribution is 5.80. The molecular formula is C20H18FN5O2. The van der Waals surface area contributed by atoms with Crippen LogP contribution < -0.4 is 10.1 Å². The van der Waals surface area contributed by atoms with E-state index in [0.29, 0.717) is 18.8 Å². The maximum Gasteiger partial charge on any atom is 0.258 e. The monoisotopic (exact) mass is 379 g/mol. The van der Waals surface area contributed by atoms with Crippen molar-refractivity contribution >= 4 is 16.8 Å². The highest BCUT2D eigenvalue weighted by atomic mass is 19.1. The van der Waals surface area contributed by atoms with Crippen molar-refractivity contribution in [2.75, 3.05) is 13.2 Å². The molecule has 0 aliphatic heterocycles. The molecule has 2 aromatic heterocycles. The number of ether oxygens (including phenoxy) is 1. The highest BCUT2D eigenvalue weighted by Gasteiger charge is 2.08. The standard InChI is InChI=1S/C20H18FN5O2/c21-16-6-5-15-7-9-25(18(15)11-16)10-8-22-20(27)12-28-19-4-2-1-3-17(19)26-13-23-24-14-26/h1-7,9,11,13-14H,8,10,12H2,(H,22,27). The van der Waals surface area contributed by atoms with Crippen LogP contribution in [-0.2, 0) is 11.3 Å². The fraction of sp³-hybridized carbons (Fsp3) is 0.150. The minimum Gasteiger partial charge on any atom is -0.482 e. The van der Waals surface area contributed by atoms with Gasteiger partial charge in [0.2, 0.25) is 0 Å². The van der Waals surface area contributed by atoms with Crippen molar-refractivity contribution in [3.05, 3.63) is 73.2 Å². The molecule has 0 fully saturated rings. The molecule has 142 valence electrons. The molecular weight excluding hydrogens is 361 g/mol. The van der Waals surface area contributed by atoms with Crippen molar-refractivity contribution in [2.24, 2.45) is 0 Å². The summed E-state index contributed by atoms with van der Waals surface area (Å²) in [6.45, 7) is 0.839. The first-order valence-corrected chi connectivity index (χ1v) is 8.78. The van der Waals surface area contributed by atoms with Gasteiger partial charge in [0.1, 0.15) is 24.2 Å². The van der Waals surface area contributed by atoms with Gasteiger partial charge in [0.15, 0.2) is 6.61 Å². The first-order chi connectivity index (χ1) is 13.7. The summed E-state index contributed by atoms with van der Waals surface area (Å²) in [6, 6.07) is 13.9. The number of para-hydroxylation sites is 2. The Kier molecular flexibility index (Phi) is 5.01. The van der Waals surface area contributed by atoms with Gasteiger partial charge in [-0.25, -0.2) is 4.39 Å². The summed E-state index contributed by atoms with van der Waals surface area (Å²) in [5.41, 5.74) is 1.55. The lowest BCUT2D eigenvalue weighted by Gasteiger charge is -2.12. The van der Waals surface area contributed by atoms with E-state index >= 15 is 0 Å².